The number of ether oxygens (including phenoxy) is 1. The van der Waals surface area contributed by atoms with Crippen LogP contribution in [-0.4, -0.2) is 27.7 Å². The monoisotopic (exact) mass is 470 g/mol. The van der Waals surface area contributed by atoms with Crippen molar-refractivity contribution in [2.75, 3.05) is 6.61 Å². The van der Waals surface area contributed by atoms with Gasteiger partial charge in [-0.3, -0.25) is 4.90 Å². The van der Waals surface area contributed by atoms with E-state index in [1.54, 1.807) is 17.2 Å². The molecule has 0 fully saturated rings. The fraction of sp³-hybridized carbons (Fsp3) is 0.222. The first-order chi connectivity index (χ1) is 17.0. The summed E-state index contributed by atoms with van der Waals surface area (Å²) < 4.78 is 16.8. The van der Waals surface area contributed by atoms with Crippen LogP contribution in [-0.2, 0) is 6.54 Å². The summed E-state index contributed by atoms with van der Waals surface area (Å²) in [6, 6.07) is 18.5. The van der Waals surface area contributed by atoms with Crippen LogP contribution < -0.4 is 10.1 Å². The molecule has 1 aliphatic rings. The first kappa shape index (κ1) is 22.5. The predicted octanol–water partition coefficient (Wildman–Crippen LogP) is 5.73. The molecule has 2 amide bonds. The van der Waals surface area contributed by atoms with Gasteiger partial charge in [-0.1, -0.05) is 41.1 Å². The topological polar surface area (TPSA) is 93.6 Å². The van der Waals surface area contributed by atoms with Gasteiger partial charge in [0.2, 0.25) is 5.82 Å². The molecule has 0 bridgehead atoms. The third kappa shape index (κ3) is 4.55. The number of rotatable bonds is 7. The molecular formula is C27H26N4O4. The van der Waals surface area contributed by atoms with Crippen LogP contribution in [0.1, 0.15) is 42.7 Å². The van der Waals surface area contributed by atoms with Gasteiger partial charge in [0.05, 0.1) is 31.0 Å². The fourth-order valence-corrected chi connectivity index (χ4v) is 4.21. The zero-order valence-electron chi connectivity index (χ0n) is 19.8. The number of nitrogens with zero attached hydrogens (tertiary/aromatic N) is 3. The second-order valence-electron chi connectivity index (χ2n) is 8.34. The molecule has 1 unspecified atom stereocenters. The van der Waals surface area contributed by atoms with Crippen molar-refractivity contribution in [3.8, 4) is 17.1 Å². The van der Waals surface area contributed by atoms with Crippen LogP contribution in [0.3, 0.4) is 0 Å². The molecule has 35 heavy (non-hydrogen) atoms. The molecule has 4 aromatic rings. The Balaban J connectivity index is 1.58. The number of furan rings is 1. The quantitative estimate of drug-likeness (QED) is 0.370. The molecule has 0 aliphatic carbocycles. The Labute approximate surface area is 203 Å². The summed E-state index contributed by atoms with van der Waals surface area (Å²) in [5.74, 6) is 2.27. The van der Waals surface area contributed by atoms with Gasteiger partial charge in [0.1, 0.15) is 11.5 Å². The maximum Gasteiger partial charge on any atom is 0.322 e. The smallest absolute Gasteiger partial charge is 0.322 e. The van der Waals surface area contributed by atoms with Crippen LogP contribution in [0.15, 0.2) is 81.6 Å². The van der Waals surface area contributed by atoms with Gasteiger partial charge in [-0.25, -0.2) is 4.79 Å². The molecule has 8 heteroatoms. The van der Waals surface area contributed by atoms with Crippen LogP contribution in [0.4, 0.5) is 4.79 Å². The molecule has 0 saturated carbocycles. The molecule has 2 aromatic carbocycles. The summed E-state index contributed by atoms with van der Waals surface area (Å²) in [6.07, 6.45) is 1.59. The highest BCUT2D eigenvalue weighted by Gasteiger charge is 2.36. The van der Waals surface area contributed by atoms with Crippen LogP contribution >= 0.6 is 0 Å². The number of hydrogen-bond acceptors (Lipinski definition) is 6. The molecule has 0 spiro atoms. The number of carbonyl (C=O) groups is 1. The maximum absolute atomic E-state index is 13.2. The number of benzene rings is 2. The van der Waals surface area contributed by atoms with Gasteiger partial charge in [-0.15, -0.1) is 0 Å². The van der Waals surface area contributed by atoms with Crippen molar-refractivity contribution < 1.29 is 18.5 Å². The average Bonchev–Trinajstić information content (AvgIpc) is 3.55. The van der Waals surface area contributed by atoms with Gasteiger partial charge in [0.25, 0.3) is 5.89 Å². The second-order valence-corrected chi connectivity index (χ2v) is 8.34. The summed E-state index contributed by atoms with van der Waals surface area (Å²) in [5, 5.41) is 7.34. The minimum absolute atomic E-state index is 0.236. The van der Waals surface area contributed by atoms with E-state index in [4.69, 9.17) is 18.7 Å². The van der Waals surface area contributed by atoms with Crippen LogP contribution in [0.5, 0.6) is 5.75 Å². The van der Waals surface area contributed by atoms with Crippen LogP contribution in [0, 0.1) is 6.92 Å². The SMILES string of the molecule is CCOc1ccc(C2NC(=O)N(Cc3ccco3)C(C)=C2c2nc(-c3cccc(C)c3)no2)cc1. The van der Waals surface area contributed by atoms with Crippen molar-refractivity contribution in [2.24, 2.45) is 0 Å². The molecule has 178 valence electrons. The van der Waals surface area contributed by atoms with Gasteiger partial charge < -0.3 is 19.0 Å². The Morgan fingerprint density at radius 2 is 1.91 bits per heavy atom. The van der Waals surface area contributed by atoms with E-state index < -0.39 is 6.04 Å². The van der Waals surface area contributed by atoms with Crippen molar-refractivity contribution in [1.29, 1.82) is 0 Å². The maximum atomic E-state index is 13.2. The fourth-order valence-electron chi connectivity index (χ4n) is 4.21. The Morgan fingerprint density at radius 3 is 2.63 bits per heavy atom. The number of nitrogens with one attached hydrogen (secondary N) is 1. The van der Waals surface area contributed by atoms with E-state index in [0.717, 1.165) is 28.0 Å². The number of aryl methyl sites for hydroxylation is 1. The summed E-state index contributed by atoms with van der Waals surface area (Å²) in [4.78, 5) is 19.5. The van der Waals surface area contributed by atoms with Crippen molar-refractivity contribution in [3.63, 3.8) is 0 Å². The van der Waals surface area contributed by atoms with E-state index in [2.05, 4.69) is 10.5 Å². The number of aromatic nitrogens is 2. The summed E-state index contributed by atoms with van der Waals surface area (Å²) >= 11 is 0. The van der Waals surface area contributed by atoms with Crippen molar-refractivity contribution >= 4 is 11.6 Å². The van der Waals surface area contributed by atoms with Gasteiger partial charge >= 0.3 is 6.03 Å². The lowest BCUT2D eigenvalue weighted by Gasteiger charge is -2.34. The van der Waals surface area contributed by atoms with E-state index in [1.807, 2.05) is 75.4 Å². The van der Waals surface area contributed by atoms with E-state index in [9.17, 15) is 4.79 Å². The Hall–Kier alpha value is -4.33. The van der Waals surface area contributed by atoms with E-state index >= 15 is 0 Å². The van der Waals surface area contributed by atoms with Gasteiger partial charge in [0.15, 0.2) is 0 Å². The number of allylic oxidation sites excluding steroid dienone is 1. The second kappa shape index (κ2) is 9.50. The highest BCUT2D eigenvalue weighted by molar-refractivity contribution is 5.86. The van der Waals surface area contributed by atoms with Gasteiger partial charge in [0, 0.05) is 11.3 Å². The molecular weight excluding hydrogens is 444 g/mol. The van der Waals surface area contributed by atoms with Crippen molar-refractivity contribution in [3.05, 3.63) is 95.4 Å². The molecule has 1 N–H and O–H groups in total. The van der Waals surface area contributed by atoms with Crippen LogP contribution in [0.2, 0.25) is 0 Å². The molecule has 2 aromatic heterocycles. The third-order valence-electron chi connectivity index (χ3n) is 5.95. The van der Waals surface area contributed by atoms with Gasteiger partial charge in [-0.05, 0) is 56.7 Å². The first-order valence-electron chi connectivity index (χ1n) is 11.5. The number of carbonyl (C=O) groups excluding carboxylic acids is 1. The summed E-state index contributed by atoms with van der Waals surface area (Å²) in [7, 11) is 0. The highest BCUT2D eigenvalue weighted by Crippen LogP contribution is 2.38. The van der Waals surface area contributed by atoms with Crippen molar-refractivity contribution in [2.45, 2.75) is 33.4 Å². The van der Waals surface area contributed by atoms with Crippen LogP contribution in [0.25, 0.3) is 17.0 Å². The van der Waals surface area contributed by atoms with E-state index in [-0.39, 0.29) is 12.6 Å². The Bertz CT molecular complexity index is 1360. The minimum Gasteiger partial charge on any atom is -0.494 e. The number of urea groups is 1. The molecule has 1 aliphatic heterocycles. The zero-order chi connectivity index (χ0) is 24.4. The number of amides is 2. The predicted molar refractivity (Wildman–Crippen MR) is 130 cm³/mol. The molecule has 3 heterocycles. The average molecular weight is 471 g/mol. The lowest BCUT2D eigenvalue weighted by molar-refractivity contribution is 0.199. The molecule has 0 radical (unpaired) electrons. The molecule has 1 atom stereocenters. The minimum atomic E-state index is -0.475. The molecule has 0 saturated heterocycles. The lowest BCUT2D eigenvalue weighted by atomic mass is 9.94. The van der Waals surface area contributed by atoms with Crippen molar-refractivity contribution in [1.82, 2.24) is 20.4 Å². The summed E-state index contributed by atoms with van der Waals surface area (Å²) in [5.41, 5.74) is 4.29. The lowest BCUT2D eigenvalue weighted by Crippen LogP contribution is -2.45. The largest absolute Gasteiger partial charge is 0.494 e. The third-order valence-corrected chi connectivity index (χ3v) is 5.95. The standard InChI is InChI=1S/C27H26N4O4/c1-4-33-21-12-10-19(11-13-21)24-23(18(3)31(27(32)28-24)16-22-9-6-14-34-22)26-29-25(30-35-26)20-8-5-7-17(2)15-20/h5-15,24H,4,16H2,1-3H3,(H,28,32). The summed E-state index contributed by atoms with van der Waals surface area (Å²) in [6.45, 7) is 6.70. The zero-order valence-corrected chi connectivity index (χ0v) is 19.8. The Kier molecular flexibility index (Phi) is 6.10. The highest BCUT2D eigenvalue weighted by atomic mass is 16.5. The normalized spacial score (nSPS) is 15.9. The Morgan fingerprint density at radius 1 is 1.09 bits per heavy atom. The molecule has 8 nitrogen and oxygen atoms in total. The van der Waals surface area contributed by atoms with E-state index in [0.29, 0.717) is 29.8 Å². The van der Waals surface area contributed by atoms with Gasteiger partial charge in [-0.2, -0.15) is 4.98 Å². The number of hydrogen-bond donors (Lipinski definition) is 1. The van der Waals surface area contributed by atoms with E-state index in [1.165, 1.54) is 0 Å². The molecule has 5 rings (SSSR count). The first-order valence-corrected chi connectivity index (χ1v) is 11.5.